The van der Waals surface area contributed by atoms with Gasteiger partial charge < -0.3 is 16.0 Å². The topological polar surface area (TPSA) is 83.3 Å². The van der Waals surface area contributed by atoms with E-state index in [-0.39, 0.29) is 18.5 Å². The lowest BCUT2D eigenvalue weighted by molar-refractivity contribution is -0.114. The first-order chi connectivity index (χ1) is 12.9. The van der Waals surface area contributed by atoms with E-state index in [2.05, 4.69) is 39.9 Å². The van der Waals surface area contributed by atoms with Crippen LogP contribution in [0.15, 0.2) is 35.3 Å². The molecule has 0 aliphatic heterocycles. The van der Waals surface area contributed by atoms with Gasteiger partial charge in [-0.25, -0.2) is 4.99 Å². The molecule has 1 atom stereocenters. The van der Waals surface area contributed by atoms with E-state index in [1.54, 1.807) is 0 Å². The van der Waals surface area contributed by atoms with Crippen molar-refractivity contribution in [3.05, 3.63) is 47.3 Å². The fourth-order valence-electron chi connectivity index (χ4n) is 2.90. The van der Waals surface area contributed by atoms with Gasteiger partial charge in [0.25, 0.3) is 0 Å². The summed E-state index contributed by atoms with van der Waals surface area (Å²) in [5.41, 5.74) is 4.24. The lowest BCUT2D eigenvalue weighted by Gasteiger charge is -2.18. The number of aromatic nitrogens is 2. The van der Waals surface area contributed by atoms with Crippen molar-refractivity contribution in [1.82, 2.24) is 20.4 Å². The minimum atomic E-state index is -0.148. The summed E-state index contributed by atoms with van der Waals surface area (Å²) in [6.07, 6.45) is 0.839. The Morgan fingerprint density at radius 1 is 1.26 bits per heavy atom. The fourth-order valence-corrected chi connectivity index (χ4v) is 2.90. The molecule has 0 fully saturated rings. The molecule has 0 saturated heterocycles. The van der Waals surface area contributed by atoms with Gasteiger partial charge in [0.15, 0.2) is 5.96 Å². The van der Waals surface area contributed by atoms with Gasteiger partial charge in [0, 0.05) is 31.0 Å². The maximum absolute atomic E-state index is 12.1. The number of benzene rings is 1. The van der Waals surface area contributed by atoms with Crippen LogP contribution in [0.3, 0.4) is 0 Å². The van der Waals surface area contributed by atoms with Crippen LogP contribution in [0.5, 0.6) is 0 Å². The van der Waals surface area contributed by atoms with Gasteiger partial charge in [-0.1, -0.05) is 18.2 Å². The van der Waals surface area contributed by atoms with Crippen molar-refractivity contribution in [1.29, 1.82) is 0 Å². The first-order valence-electron chi connectivity index (χ1n) is 9.29. The molecule has 1 aromatic carbocycles. The van der Waals surface area contributed by atoms with Crippen LogP contribution < -0.4 is 16.0 Å². The predicted octanol–water partition coefficient (Wildman–Crippen LogP) is 2.16. The molecule has 0 bridgehead atoms. The molecule has 7 heteroatoms. The van der Waals surface area contributed by atoms with Gasteiger partial charge in [-0.3, -0.25) is 9.48 Å². The molecule has 1 aromatic heterocycles. The molecule has 146 valence electrons. The second-order valence-corrected chi connectivity index (χ2v) is 6.63. The van der Waals surface area contributed by atoms with Crippen molar-refractivity contribution in [2.75, 3.05) is 18.4 Å². The number of anilines is 1. The number of aryl methyl sites for hydroxylation is 2. The van der Waals surface area contributed by atoms with Crippen LogP contribution in [0.1, 0.15) is 30.8 Å². The van der Waals surface area contributed by atoms with E-state index >= 15 is 0 Å². The second kappa shape index (κ2) is 9.75. The minimum Gasteiger partial charge on any atom is -0.357 e. The number of hydrogen-bond acceptors (Lipinski definition) is 3. The van der Waals surface area contributed by atoms with Crippen LogP contribution in [0.2, 0.25) is 0 Å². The lowest BCUT2D eigenvalue weighted by Crippen LogP contribution is -2.43. The molecule has 1 amide bonds. The number of hydrogen-bond donors (Lipinski definition) is 3. The van der Waals surface area contributed by atoms with Crippen molar-refractivity contribution < 1.29 is 4.79 Å². The summed E-state index contributed by atoms with van der Waals surface area (Å²) < 4.78 is 1.91. The van der Waals surface area contributed by atoms with E-state index in [0.717, 1.165) is 24.3 Å². The number of nitrogens with zero attached hydrogens (tertiary/aromatic N) is 3. The Kier molecular flexibility index (Phi) is 7.40. The van der Waals surface area contributed by atoms with E-state index in [0.29, 0.717) is 5.96 Å². The van der Waals surface area contributed by atoms with Gasteiger partial charge in [0.1, 0.15) is 6.54 Å². The number of carbonyl (C=O) groups is 1. The van der Waals surface area contributed by atoms with Gasteiger partial charge >= 0.3 is 0 Å². The Hall–Kier alpha value is -2.83. The Bertz CT molecular complexity index is 781. The Morgan fingerprint density at radius 3 is 2.56 bits per heavy atom. The highest BCUT2D eigenvalue weighted by molar-refractivity contribution is 5.94. The average Bonchev–Trinajstić information content (AvgIpc) is 2.87. The number of aliphatic imine (C=N–C) groups is 1. The van der Waals surface area contributed by atoms with Crippen LogP contribution in [0.4, 0.5) is 5.69 Å². The third-order valence-corrected chi connectivity index (χ3v) is 4.33. The molecule has 1 heterocycles. The Balaban J connectivity index is 1.95. The largest absolute Gasteiger partial charge is 0.357 e. The summed E-state index contributed by atoms with van der Waals surface area (Å²) in [5, 5.41) is 13.9. The third kappa shape index (κ3) is 6.13. The van der Waals surface area contributed by atoms with Crippen molar-refractivity contribution in [2.45, 2.75) is 40.2 Å². The molecule has 2 aromatic rings. The zero-order valence-electron chi connectivity index (χ0n) is 16.8. The maximum Gasteiger partial charge on any atom is 0.246 e. The quantitative estimate of drug-likeness (QED) is 0.515. The van der Waals surface area contributed by atoms with E-state index in [1.165, 1.54) is 11.3 Å². The molecule has 2 rings (SSSR count). The zero-order chi connectivity index (χ0) is 19.8. The molecule has 0 aliphatic rings. The van der Waals surface area contributed by atoms with Gasteiger partial charge in [0.2, 0.25) is 5.91 Å². The van der Waals surface area contributed by atoms with Crippen LogP contribution in [0.25, 0.3) is 0 Å². The smallest absolute Gasteiger partial charge is 0.246 e. The molecule has 1 unspecified atom stereocenters. The highest BCUT2D eigenvalue weighted by Gasteiger charge is 2.14. The molecule has 3 N–H and O–H groups in total. The molecule has 7 nitrogen and oxygen atoms in total. The normalized spacial score (nSPS) is 12.6. The first kappa shape index (κ1) is 20.5. The zero-order valence-corrected chi connectivity index (χ0v) is 16.8. The highest BCUT2D eigenvalue weighted by Crippen LogP contribution is 2.14. The van der Waals surface area contributed by atoms with Crippen LogP contribution in [0, 0.1) is 13.8 Å². The molecular formula is C20H30N6O. The summed E-state index contributed by atoms with van der Waals surface area (Å²) >= 11 is 0. The average molecular weight is 371 g/mol. The van der Waals surface area contributed by atoms with Crippen LogP contribution >= 0.6 is 0 Å². The number of rotatable bonds is 7. The SMILES string of the molecule is CCNC(=NCC(=O)Nc1ccccc1)NC(C)Cc1c(C)nn(C)c1C. The molecule has 27 heavy (non-hydrogen) atoms. The molecule has 0 spiro atoms. The van der Waals surface area contributed by atoms with Gasteiger partial charge in [-0.15, -0.1) is 0 Å². The Morgan fingerprint density at radius 2 is 1.96 bits per heavy atom. The van der Waals surface area contributed by atoms with Gasteiger partial charge in [-0.05, 0) is 51.8 Å². The van der Waals surface area contributed by atoms with E-state index in [9.17, 15) is 4.79 Å². The van der Waals surface area contributed by atoms with Crippen molar-refractivity contribution in [2.24, 2.45) is 12.0 Å². The Labute approximate surface area is 161 Å². The number of nitrogens with one attached hydrogen (secondary N) is 3. The lowest BCUT2D eigenvalue weighted by atomic mass is 10.1. The monoisotopic (exact) mass is 370 g/mol. The van der Waals surface area contributed by atoms with Gasteiger partial charge in [-0.2, -0.15) is 5.10 Å². The number of guanidine groups is 1. The van der Waals surface area contributed by atoms with Crippen LogP contribution in [-0.4, -0.2) is 40.8 Å². The number of carbonyl (C=O) groups excluding carboxylic acids is 1. The standard InChI is InChI=1S/C20H30N6O/c1-6-21-20(22-13-19(27)24-17-10-8-7-9-11-17)23-14(2)12-18-15(3)25-26(5)16(18)4/h7-11,14H,6,12-13H2,1-5H3,(H,24,27)(H2,21,22,23). The van der Waals surface area contributed by atoms with Crippen molar-refractivity contribution in [3.63, 3.8) is 0 Å². The summed E-state index contributed by atoms with van der Waals surface area (Å²) in [5.74, 6) is 0.484. The van der Waals surface area contributed by atoms with E-state index in [1.807, 2.05) is 55.9 Å². The highest BCUT2D eigenvalue weighted by atomic mass is 16.1. The maximum atomic E-state index is 12.1. The molecule has 0 saturated carbocycles. The number of amides is 1. The van der Waals surface area contributed by atoms with Crippen molar-refractivity contribution in [3.8, 4) is 0 Å². The predicted molar refractivity (Wildman–Crippen MR) is 110 cm³/mol. The molecule has 0 aliphatic carbocycles. The summed E-state index contributed by atoms with van der Waals surface area (Å²) in [6, 6.07) is 9.54. The van der Waals surface area contributed by atoms with E-state index < -0.39 is 0 Å². The van der Waals surface area contributed by atoms with Crippen LogP contribution in [-0.2, 0) is 18.3 Å². The first-order valence-corrected chi connectivity index (χ1v) is 9.29. The second-order valence-electron chi connectivity index (χ2n) is 6.63. The van der Waals surface area contributed by atoms with Crippen molar-refractivity contribution >= 4 is 17.6 Å². The van der Waals surface area contributed by atoms with Gasteiger partial charge in [0.05, 0.1) is 5.69 Å². The molecular weight excluding hydrogens is 340 g/mol. The van der Waals surface area contributed by atoms with E-state index in [4.69, 9.17) is 0 Å². The summed E-state index contributed by atoms with van der Waals surface area (Å²) in [6.45, 7) is 8.99. The summed E-state index contributed by atoms with van der Waals surface area (Å²) in [7, 11) is 1.96. The minimum absolute atomic E-state index is 0.0574. The molecule has 0 radical (unpaired) electrons. The third-order valence-electron chi connectivity index (χ3n) is 4.33. The number of para-hydroxylation sites is 1. The summed E-state index contributed by atoms with van der Waals surface area (Å²) in [4.78, 5) is 16.5. The fraction of sp³-hybridized carbons (Fsp3) is 0.450.